The molecule has 9 heteroatoms. The van der Waals surface area contributed by atoms with E-state index >= 15 is 0 Å². The number of anilines is 1. The van der Waals surface area contributed by atoms with E-state index < -0.39 is 11.8 Å². The molecule has 0 heterocycles. The van der Waals surface area contributed by atoms with Gasteiger partial charge in [0.05, 0.1) is 13.3 Å². The summed E-state index contributed by atoms with van der Waals surface area (Å²) in [5, 5.41) is 9.16. The van der Waals surface area contributed by atoms with Gasteiger partial charge in [0.2, 0.25) is 0 Å². The highest BCUT2D eigenvalue weighted by atomic mass is 16.5. The second-order valence-electron chi connectivity index (χ2n) is 7.99. The van der Waals surface area contributed by atoms with E-state index in [0.29, 0.717) is 35.7 Å². The first kappa shape index (κ1) is 26.9. The van der Waals surface area contributed by atoms with Crippen LogP contribution in [0.25, 0.3) is 0 Å². The monoisotopic (exact) mass is 502 g/mol. The van der Waals surface area contributed by atoms with E-state index in [1.165, 1.54) is 18.9 Å². The summed E-state index contributed by atoms with van der Waals surface area (Å²) >= 11 is 0. The molecular weight excluding hydrogens is 472 g/mol. The molecule has 0 saturated carbocycles. The maximum absolute atomic E-state index is 12.2. The summed E-state index contributed by atoms with van der Waals surface area (Å²) in [7, 11) is 1.47. The first-order chi connectivity index (χ1) is 18.0. The van der Waals surface area contributed by atoms with Gasteiger partial charge in [0.1, 0.15) is 0 Å². The van der Waals surface area contributed by atoms with Gasteiger partial charge in [-0.25, -0.2) is 5.43 Å². The first-order valence-corrected chi connectivity index (χ1v) is 11.8. The standard InChI is InChI=1S/C28H30N4O5/c1-3-20-9-12-23(13-10-20)31-26(33)19-37-24-14-11-22(17-25(24)36-2)18-30-32-28(35)27(34)29-16-15-21-7-5-4-6-8-21/h4-14,17-18H,3,15-16,19H2,1-2H3,(H,29,34)(H,31,33)(H,32,35)/b30-18-. The van der Waals surface area contributed by atoms with Crippen molar-refractivity contribution in [2.24, 2.45) is 5.10 Å². The van der Waals surface area contributed by atoms with Crippen molar-refractivity contribution in [2.45, 2.75) is 19.8 Å². The highest BCUT2D eigenvalue weighted by Gasteiger charge is 2.12. The molecule has 0 atom stereocenters. The molecule has 0 fully saturated rings. The Labute approximate surface area is 215 Å². The molecule has 0 bridgehead atoms. The Morgan fingerprint density at radius 1 is 0.892 bits per heavy atom. The Balaban J connectivity index is 1.45. The summed E-state index contributed by atoms with van der Waals surface area (Å²) in [5.74, 6) is -1.19. The highest BCUT2D eigenvalue weighted by Crippen LogP contribution is 2.27. The number of rotatable bonds is 11. The van der Waals surface area contributed by atoms with Crippen LogP contribution in [0.2, 0.25) is 0 Å². The predicted molar refractivity (Wildman–Crippen MR) is 142 cm³/mol. The third-order valence-electron chi connectivity index (χ3n) is 5.32. The number of benzene rings is 3. The minimum atomic E-state index is -0.869. The number of amides is 3. The van der Waals surface area contributed by atoms with Crippen LogP contribution in [0.5, 0.6) is 11.5 Å². The number of hydrogen-bond acceptors (Lipinski definition) is 6. The largest absolute Gasteiger partial charge is 0.493 e. The molecule has 0 aliphatic carbocycles. The fraction of sp³-hybridized carbons (Fsp3) is 0.214. The smallest absolute Gasteiger partial charge is 0.329 e. The van der Waals surface area contributed by atoms with Crippen LogP contribution in [0.4, 0.5) is 5.69 Å². The molecule has 0 unspecified atom stereocenters. The number of carbonyl (C=O) groups is 3. The van der Waals surface area contributed by atoms with E-state index in [0.717, 1.165) is 12.0 Å². The molecule has 3 rings (SSSR count). The van der Waals surface area contributed by atoms with Crippen molar-refractivity contribution in [1.82, 2.24) is 10.7 Å². The van der Waals surface area contributed by atoms with Gasteiger partial charge in [-0.05, 0) is 59.9 Å². The Morgan fingerprint density at radius 2 is 1.65 bits per heavy atom. The van der Waals surface area contributed by atoms with Gasteiger partial charge in [-0.2, -0.15) is 5.10 Å². The fourth-order valence-corrected chi connectivity index (χ4v) is 3.31. The van der Waals surface area contributed by atoms with Gasteiger partial charge in [0.15, 0.2) is 18.1 Å². The second kappa shape index (κ2) is 14.0. The van der Waals surface area contributed by atoms with Crippen LogP contribution in [0.1, 0.15) is 23.6 Å². The number of methoxy groups -OCH3 is 1. The van der Waals surface area contributed by atoms with Gasteiger partial charge >= 0.3 is 11.8 Å². The Morgan fingerprint density at radius 3 is 2.35 bits per heavy atom. The zero-order chi connectivity index (χ0) is 26.5. The summed E-state index contributed by atoms with van der Waals surface area (Å²) in [6, 6.07) is 22.2. The molecule has 3 aromatic carbocycles. The van der Waals surface area contributed by atoms with Crippen molar-refractivity contribution in [3.63, 3.8) is 0 Å². The van der Waals surface area contributed by atoms with Gasteiger partial charge in [0, 0.05) is 12.2 Å². The molecule has 9 nitrogen and oxygen atoms in total. The number of hydrazone groups is 1. The molecule has 0 saturated heterocycles. The lowest BCUT2D eigenvalue weighted by Gasteiger charge is -2.11. The molecule has 3 aromatic rings. The molecule has 37 heavy (non-hydrogen) atoms. The SMILES string of the molecule is CCc1ccc(NC(=O)COc2ccc(/C=N\NC(=O)C(=O)NCCc3ccccc3)cc2OC)cc1. The summed E-state index contributed by atoms with van der Waals surface area (Å²) < 4.78 is 10.9. The molecule has 0 aromatic heterocycles. The minimum absolute atomic E-state index is 0.200. The summed E-state index contributed by atoms with van der Waals surface area (Å²) in [5.41, 5.74) is 5.72. The zero-order valence-corrected chi connectivity index (χ0v) is 20.8. The molecule has 3 amide bonds. The van der Waals surface area contributed by atoms with Gasteiger partial charge in [-0.15, -0.1) is 0 Å². The summed E-state index contributed by atoms with van der Waals surface area (Å²) in [6.07, 6.45) is 2.91. The third-order valence-corrected chi connectivity index (χ3v) is 5.32. The molecule has 0 radical (unpaired) electrons. The number of nitrogens with zero attached hydrogens (tertiary/aromatic N) is 1. The number of ether oxygens (including phenoxy) is 2. The van der Waals surface area contributed by atoms with E-state index in [1.807, 2.05) is 54.6 Å². The average Bonchev–Trinajstić information content (AvgIpc) is 2.93. The van der Waals surface area contributed by atoms with Crippen LogP contribution < -0.4 is 25.5 Å². The summed E-state index contributed by atoms with van der Waals surface area (Å²) in [4.78, 5) is 36.1. The predicted octanol–water partition coefficient (Wildman–Crippen LogP) is 3.08. The van der Waals surface area contributed by atoms with Crippen LogP contribution >= 0.6 is 0 Å². The van der Waals surface area contributed by atoms with Crippen molar-refractivity contribution >= 4 is 29.6 Å². The van der Waals surface area contributed by atoms with E-state index in [1.54, 1.807) is 18.2 Å². The summed E-state index contributed by atoms with van der Waals surface area (Å²) in [6.45, 7) is 2.20. The highest BCUT2D eigenvalue weighted by molar-refractivity contribution is 6.35. The zero-order valence-electron chi connectivity index (χ0n) is 20.8. The number of hydrogen-bond donors (Lipinski definition) is 3. The van der Waals surface area contributed by atoms with E-state index in [9.17, 15) is 14.4 Å². The van der Waals surface area contributed by atoms with Crippen molar-refractivity contribution in [3.05, 3.63) is 89.5 Å². The van der Waals surface area contributed by atoms with Crippen molar-refractivity contribution < 1.29 is 23.9 Å². The van der Waals surface area contributed by atoms with Crippen LogP contribution in [0, 0.1) is 0 Å². The third kappa shape index (κ3) is 8.81. The lowest BCUT2D eigenvalue weighted by atomic mass is 10.1. The number of nitrogens with one attached hydrogen (secondary N) is 3. The number of carbonyl (C=O) groups excluding carboxylic acids is 3. The molecule has 0 aliphatic heterocycles. The maximum atomic E-state index is 12.2. The fourth-order valence-electron chi connectivity index (χ4n) is 3.31. The van der Waals surface area contributed by atoms with E-state index in [4.69, 9.17) is 9.47 Å². The lowest BCUT2D eigenvalue weighted by molar-refractivity contribution is -0.139. The van der Waals surface area contributed by atoms with Gasteiger partial charge in [-0.1, -0.05) is 49.4 Å². The normalized spacial score (nSPS) is 10.5. The van der Waals surface area contributed by atoms with Crippen molar-refractivity contribution in [3.8, 4) is 11.5 Å². The topological polar surface area (TPSA) is 118 Å². The first-order valence-electron chi connectivity index (χ1n) is 11.8. The second-order valence-corrected chi connectivity index (χ2v) is 7.99. The minimum Gasteiger partial charge on any atom is -0.493 e. The number of aryl methyl sites for hydroxylation is 1. The maximum Gasteiger partial charge on any atom is 0.329 e. The van der Waals surface area contributed by atoms with Crippen LogP contribution in [0.3, 0.4) is 0 Å². The van der Waals surface area contributed by atoms with E-state index in [2.05, 4.69) is 28.1 Å². The van der Waals surface area contributed by atoms with E-state index in [-0.39, 0.29) is 12.5 Å². The van der Waals surface area contributed by atoms with Crippen molar-refractivity contribution in [2.75, 3.05) is 25.6 Å². The molecule has 192 valence electrons. The van der Waals surface area contributed by atoms with Crippen LogP contribution in [-0.4, -0.2) is 44.2 Å². The van der Waals surface area contributed by atoms with Crippen LogP contribution in [0.15, 0.2) is 77.9 Å². The Bertz CT molecular complexity index is 1230. The molecule has 0 spiro atoms. The van der Waals surface area contributed by atoms with Gasteiger partial charge < -0.3 is 20.1 Å². The molecule has 3 N–H and O–H groups in total. The molecular formula is C28H30N4O5. The van der Waals surface area contributed by atoms with Gasteiger partial charge in [0.25, 0.3) is 5.91 Å². The Kier molecular flexibility index (Phi) is 10.2. The van der Waals surface area contributed by atoms with Gasteiger partial charge in [-0.3, -0.25) is 14.4 Å². The average molecular weight is 503 g/mol. The lowest BCUT2D eigenvalue weighted by Crippen LogP contribution is -2.38. The quantitative estimate of drug-likeness (QED) is 0.212. The molecule has 0 aliphatic rings. The van der Waals surface area contributed by atoms with Crippen LogP contribution in [-0.2, 0) is 27.2 Å². The van der Waals surface area contributed by atoms with Crippen molar-refractivity contribution in [1.29, 1.82) is 0 Å². The Hall–Kier alpha value is -4.66.